The van der Waals surface area contributed by atoms with Crippen LogP contribution >= 0.6 is 0 Å². The van der Waals surface area contributed by atoms with Gasteiger partial charge in [-0.3, -0.25) is 0 Å². The van der Waals surface area contributed by atoms with E-state index < -0.39 is 11.6 Å². The molecule has 2 saturated carbocycles. The molecule has 4 atom stereocenters. The number of halogens is 2. The zero-order valence-corrected chi connectivity index (χ0v) is 18.8. The summed E-state index contributed by atoms with van der Waals surface area (Å²) >= 11 is 0. The molecular formula is C28H35F2N. The van der Waals surface area contributed by atoms with E-state index in [-0.39, 0.29) is 16.9 Å². The van der Waals surface area contributed by atoms with E-state index in [9.17, 15) is 9.65 Å². The maximum atomic E-state index is 15.1. The molecule has 3 heteroatoms. The number of rotatable bonds is 7. The monoisotopic (exact) mass is 423 g/mol. The molecule has 31 heavy (non-hydrogen) atoms. The number of hydrogen-bond acceptors (Lipinski definition) is 1. The summed E-state index contributed by atoms with van der Waals surface area (Å²) in [5, 5.41) is 10.2. The maximum absolute atomic E-state index is 15.1. The first-order chi connectivity index (χ1) is 15.1. The second-order valence-electron chi connectivity index (χ2n) is 10.0. The lowest BCUT2D eigenvalue weighted by molar-refractivity contribution is 0.113. The number of benzene rings is 2. The van der Waals surface area contributed by atoms with Gasteiger partial charge in [-0.2, -0.15) is 5.26 Å². The Labute approximate surface area is 185 Å². The predicted octanol–water partition coefficient (Wildman–Crippen LogP) is 8.65. The van der Waals surface area contributed by atoms with Crippen LogP contribution in [0.3, 0.4) is 0 Å². The minimum atomic E-state index is -0.679. The van der Waals surface area contributed by atoms with E-state index in [0.717, 1.165) is 30.2 Å². The zero-order chi connectivity index (χ0) is 21.8. The Balaban J connectivity index is 1.43. The Kier molecular flexibility index (Phi) is 7.26. The van der Waals surface area contributed by atoms with Gasteiger partial charge in [0.1, 0.15) is 11.9 Å². The summed E-state index contributed by atoms with van der Waals surface area (Å²) in [6.07, 6.45) is 15.4. The molecule has 0 saturated heterocycles. The molecule has 166 valence electrons. The van der Waals surface area contributed by atoms with Crippen LogP contribution in [0.5, 0.6) is 0 Å². The molecule has 2 fully saturated rings. The van der Waals surface area contributed by atoms with E-state index in [1.165, 1.54) is 70.3 Å². The molecule has 0 aliphatic heterocycles. The molecule has 0 amide bonds. The van der Waals surface area contributed by atoms with Crippen LogP contribution in [0.4, 0.5) is 8.78 Å². The van der Waals surface area contributed by atoms with Crippen LogP contribution in [0.15, 0.2) is 24.3 Å². The summed E-state index contributed by atoms with van der Waals surface area (Å²) in [7, 11) is 0. The van der Waals surface area contributed by atoms with Crippen molar-refractivity contribution in [3.63, 3.8) is 0 Å². The van der Waals surface area contributed by atoms with Crippen molar-refractivity contribution in [3.8, 4) is 6.07 Å². The van der Waals surface area contributed by atoms with Crippen molar-refractivity contribution < 1.29 is 8.78 Å². The van der Waals surface area contributed by atoms with Gasteiger partial charge in [0.15, 0.2) is 5.82 Å². The summed E-state index contributed by atoms with van der Waals surface area (Å²) in [4.78, 5) is 0. The van der Waals surface area contributed by atoms with Gasteiger partial charge in [0.25, 0.3) is 0 Å². The third kappa shape index (κ3) is 4.79. The summed E-state index contributed by atoms with van der Waals surface area (Å²) in [5.74, 6) is 1.31. The fourth-order valence-corrected chi connectivity index (χ4v) is 6.39. The third-order valence-electron chi connectivity index (χ3n) is 8.07. The van der Waals surface area contributed by atoms with Crippen molar-refractivity contribution in [1.82, 2.24) is 0 Å². The quantitative estimate of drug-likeness (QED) is 0.409. The second-order valence-corrected chi connectivity index (χ2v) is 10.0. The van der Waals surface area contributed by atoms with E-state index in [1.807, 2.05) is 6.07 Å². The number of unbranched alkanes of at least 4 members (excludes halogenated alkanes) is 4. The molecule has 0 N–H and O–H groups in total. The maximum Gasteiger partial charge on any atom is 0.152 e. The predicted molar refractivity (Wildman–Crippen MR) is 123 cm³/mol. The molecule has 2 unspecified atom stereocenters. The fourth-order valence-electron chi connectivity index (χ4n) is 6.39. The van der Waals surface area contributed by atoms with Gasteiger partial charge in [0.2, 0.25) is 0 Å². The Morgan fingerprint density at radius 3 is 2.55 bits per heavy atom. The molecular weight excluding hydrogens is 388 g/mol. The van der Waals surface area contributed by atoms with E-state index in [4.69, 9.17) is 0 Å². The Hall–Kier alpha value is -1.95. The molecule has 2 aromatic carbocycles. The van der Waals surface area contributed by atoms with Crippen molar-refractivity contribution in [2.45, 2.75) is 89.9 Å². The van der Waals surface area contributed by atoms with Crippen LogP contribution in [0, 0.1) is 40.7 Å². The minimum Gasteiger partial charge on any atom is -0.206 e. The lowest BCUT2D eigenvalue weighted by atomic mass is 9.63. The summed E-state index contributed by atoms with van der Waals surface area (Å²) in [6.45, 7) is 2.27. The SMILES string of the molecule is CCCCCCC[C@@H]1CC[C@@H]2CC(c3cc4cccc(F)c4c(F)c3C#N)CCC2C1. The lowest BCUT2D eigenvalue weighted by Crippen LogP contribution is -2.30. The molecule has 2 aliphatic carbocycles. The van der Waals surface area contributed by atoms with Crippen LogP contribution in [0.1, 0.15) is 101 Å². The smallest absolute Gasteiger partial charge is 0.152 e. The first-order valence-corrected chi connectivity index (χ1v) is 12.4. The molecule has 2 aromatic rings. The normalized spacial score (nSPS) is 25.9. The Morgan fingerprint density at radius 2 is 1.74 bits per heavy atom. The number of nitrogens with zero attached hydrogens (tertiary/aromatic N) is 1. The van der Waals surface area contributed by atoms with Crippen LogP contribution in [-0.4, -0.2) is 0 Å². The van der Waals surface area contributed by atoms with Gasteiger partial charge in [0.05, 0.1) is 10.9 Å². The molecule has 0 aromatic heterocycles. The van der Waals surface area contributed by atoms with Gasteiger partial charge >= 0.3 is 0 Å². The largest absolute Gasteiger partial charge is 0.206 e. The molecule has 1 nitrogen and oxygen atoms in total. The second kappa shape index (κ2) is 10.1. The molecule has 0 spiro atoms. The Morgan fingerprint density at radius 1 is 0.968 bits per heavy atom. The van der Waals surface area contributed by atoms with E-state index in [1.54, 1.807) is 12.1 Å². The highest BCUT2D eigenvalue weighted by Crippen LogP contribution is 2.49. The van der Waals surface area contributed by atoms with E-state index >= 15 is 4.39 Å². The third-order valence-corrected chi connectivity index (χ3v) is 8.07. The van der Waals surface area contributed by atoms with Gasteiger partial charge < -0.3 is 0 Å². The van der Waals surface area contributed by atoms with Crippen molar-refractivity contribution in [3.05, 3.63) is 47.0 Å². The summed E-state index contributed by atoms with van der Waals surface area (Å²) < 4.78 is 29.3. The highest BCUT2D eigenvalue weighted by atomic mass is 19.1. The number of nitriles is 1. The Bertz CT molecular complexity index is 944. The molecule has 2 aliphatic rings. The first kappa shape index (κ1) is 22.3. The lowest BCUT2D eigenvalue weighted by Gasteiger charge is -2.42. The fraction of sp³-hybridized carbons (Fsp3) is 0.607. The minimum absolute atomic E-state index is 0.0454. The molecule has 0 heterocycles. The van der Waals surface area contributed by atoms with Crippen LogP contribution in [0.2, 0.25) is 0 Å². The van der Waals surface area contributed by atoms with Crippen LogP contribution in [0.25, 0.3) is 10.8 Å². The van der Waals surface area contributed by atoms with Gasteiger partial charge in [-0.25, -0.2) is 8.78 Å². The van der Waals surface area contributed by atoms with Crippen molar-refractivity contribution in [1.29, 1.82) is 5.26 Å². The van der Waals surface area contributed by atoms with Gasteiger partial charge in [0, 0.05) is 0 Å². The van der Waals surface area contributed by atoms with Crippen molar-refractivity contribution >= 4 is 10.8 Å². The first-order valence-electron chi connectivity index (χ1n) is 12.4. The summed E-state index contributed by atoms with van der Waals surface area (Å²) in [5.41, 5.74) is 0.858. The van der Waals surface area contributed by atoms with Gasteiger partial charge in [-0.15, -0.1) is 0 Å². The van der Waals surface area contributed by atoms with Crippen molar-refractivity contribution in [2.75, 3.05) is 0 Å². The van der Waals surface area contributed by atoms with E-state index in [2.05, 4.69) is 13.0 Å². The highest BCUT2D eigenvalue weighted by Gasteiger charge is 2.37. The average Bonchev–Trinajstić information content (AvgIpc) is 2.78. The zero-order valence-electron chi connectivity index (χ0n) is 18.8. The standard InChI is InChI=1S/C28H35F2N/c1-2-3-4-5-6-8-19-11-12-21-16-22(14-13-20(21)15-19)24-17-23-9-7-10-26(29)27(23)28(30)25(24)18-31/h7,9-10,17,19-22H,2-6,8,11-16H2,1H3/t19-,20?,21-,22?/m1/s1. The topological polar surface area (TPSA) is 23.8 Å². The molecule has 0 radical (unpaired) electrons. The number of fused-ring (bicyclic) bond motifs is 2. The highest BCUT2D eigenvalue weighted by molar-refractivity contribution is 5.86. The van der Waals surface area contributed by atoms with E-state index in [0.29, 0.717) is 11.3 Å². The van der Waals surface area contributed by atoms with Gasteiger partial charge in [-0.05, 0) is 78.9 Å². The molecule has 4 rings (SSSR count). The van der Waals surface area contributed by atoms with Gasteiger partial charge in [-0.1, -0.05) is 64.0 Å². The summed E-state index contributed by atoms with van der Waals surface area (Å²) in [6, 6.07) is 8.57. The van der Waals surface area contributed by atoms with Crippen LogP contribution in [-0.2, 0) is 0 Å². The molecule has 0 bridgehead atoms. The van der Waals surface area contributed by atoms with Crippen LogP contribution < -0.4 is 0 Å². The number of hydrogen-bond donors (Lipinski definition) is 0. The average molecular weight is 424 g/mol. The van der Waals surface area contributed by atoms with Crippen molar-refractivity contribution in [2.24, 2.45) is 17.8 Å².